The number of hydrogen-bond donors (Lipinski definition) is 1. The van der Waals surface area contributed by atoms with Gasteiger partial charge in [0, 0.05) is 11.5 Å². The fraction of sp³-hybridized carbons (Fsp3) is 0.125. The van der Waals surface area contributed by atoms with Gasteiger partial charge in [-0.1, -0.05) is 30.3 Å². The summed E-state index contributed by atoms with van der Waals surface area (Å²) in [5, 5.41) is 0.623. The third-order valence-electron chi connectivity index (χ3n) is 3.20. The Morgan fingerprint density at radius 3 is 2.81 bits per heavy atom. The number of carbonyl (C=O) groups excluding carboxylic acids is 1. The van der Waals surface area contributed by atoms with Crippen LogP contribution in [0.1, 0.15) is 21.7 Å². The van der Waals surface area contributed by atoms with E-state index >= 15 is 0 Å². The Balaban J connectivity index is 1.90. The summed E-state index contributed by atoms with van der Waals surface area (Å²) >= 11 is 0. The minimum Gasteiger partial charge on any atom is -0.473 e. The first kappa shape index (κ1) is 13.2. The highest BCUT2D eigenvalue weighted by Gasteiger charge is 2.16. The summed E-state index contributed by atoms with van der Waals surface area (Å²) in [6, 6.07) is 11.4. The lowest BCUT2D eigenvalue weighted by Crippen LogP contribution is -2.11. The third kappa shape index (κ3) is 2.58. The zero-order valence-electron chi connectivity index (χ0n) is 11.5. The fourth-order valence-electron chi connectivity index (χ4n) is 2.22. The van der Waals surface area contributed by atoms with Gasteiger partial charge in [0.1, 0.15) is 12.4 Å². The van der Waals surface area contributed by atoms with Crippen LogP contribution in [0, 0.1) is 6.92 Å². The van der Waals surface area contributed by atoms with Crippen molar-refractivity contribution in [2.75, 3.05) is 0 Å². The van der Waals surface area contributed by atoms with E-state index in [-0.39, 0.29) is 0 Å². The van der Waals surface area contributed by atoms with Crippen molar-refractivity contribution in [2.45, 2.75) is 13.5 Å². The normalized spacial score (nSPS) is 10.7. The Morgan fingerprint density at radius 2 is 2.10 bits per heavy atom. The van der Waals surface area contributed by atoms with Crippen molar-refractivity contribution in [1.29, 1.82) is 0 Å². The highest BCUT2D eigenvalue weighted by atomic mass is 16.5. The predicted octanol–water partition coefficient (Wildman–Crippen LogP) is 2.81. The predicted molar refractivity (Wildman–Crippen MR) is 78.0 cm³/mol. The van der Waals surface area contributed by atoms with Crippen molar-refractivity contribution in [3.63, 3.8) is 0 Å². The van der Waals surface area contributed by atoms with Crippen LogP contribution in [0.4, 0.5) is 0 Å². The molecule has 0 aliphatic heterocycles. The first-order chi connectivity index (χ1) is 10.1. The average Bonchev–Trinajstić information content (AvgIpc) is 2.81. The number of amides is 1. The summed E-state index contributed by atoms with van der Waals surface area (Å²) in [7, 11) is 0. The Bertz CT molecular complexity index is 794. The van der Waals surface area contributed by atoms with Crippen molar-refractivity contribution in [2.24, 2.45) is 5.73 Å². The van der Waals surface area contributed by atoms with Gasteiger partial charge in [0.25, 0.3) is 5.91 Å². The standard InChI is InChI=1S/C16H14N2O3/c1-10-15(16(17)19)12-7-14(18-8-13(12)21-10)20-9-11-5-3-2-4-6-11/h2-8H,9H2,1H3,(H2,17,19). The summed E-state index contributed by atoms with van der Waals surface area (Å²) in [6.07, 6.45) is 1.54. The number of pyridine rings is 1. The number of benzene rings is 1. The van der Waals surface area contributed by atoms with Crippen molar-refractivity contribution >= 4 is 16.9 Å². The number of rotatable bonds is 4. The number of primary amides is 1. The molecule has 106 valence electrons. The molecule has 0 unspecified atom stereocenters. The molecule has 21 heavy (non-hydrogen) atoms. The first-order valence-electron chi connectivity index (χ1n) is 6.51. The lowest BCUT2D eigenvalue weighted by atomic mass is 10.1. The maximum Gasteiger partial charge on any atom is 0.252 e. The first-order valence-corrected chi connectivity index (χ1v) is 6.51. The molecule has 0 fully saturated rings. The van der Waals surface area contributed by atoms with Crippen LogP contribution in [0.3, 0.4) is 0 Å². The molecule has 2 aromatic heterocycles. The largest absolute Gasteiger partial charge is 0.473 e. The summed E-state index contributed by atoms with van der Waals surface area (Å²) in [4.78, 5) is 15.7. The van der Waals surface area contributed by atoms with Crippen LogP contribution in [0.2, 0.25) is 0 Å². The van der Waals surface area contributed by atoms with E-state index in [9.17, 15) is 4.79 Å². The van der Waals surface area contributed by atoms with Crippen LogP contribution >= 0.6 is 0 Å². The highest BCUT2D eigenvalue weighted by Crippen LogP contribution is 2.27. The molecule has 0 aliphatic carbocycles. The molecule has 0 bridgehead atoms. The number of nitrogens with zero attached hydrogens (tertiary/aromatic N) is 1. The minimum absolute atomic E-state index is 0.372. The van der Waals surface area contributed by atoms with Crippen molar-refractivity contribution < 1.29 is 13.9 Å². The Morgan fingerprint density at radius 1 is 1.33 bits per heavy atom. The van der Waals surface area contributed by atoms with Crippen LogP contribution in [-0.4, -0.2) is 10.9 Å². The zero-order chi connectivity index (χ0) is 14.8. The molecule has 0 atom stereocenters. The van der Waals surface area contributed by atoms with E-state index in [0.29, 0.717) is 34.8 Å². The van der Waals surface area contributed by atoms with E-state index in [1.165, 1.54) is 6.20 Å². The van der Waals surface area contributed by atoms with Gasteiger partial charge in [-0.15, -0.1) is 0 Å². The molecular weight excluding hydrogens is 268 g/mol. The maximum absolute atomic E-state index is 11.5. The topological polar surface area (TPSA) is 78.3 Å². The number of hydrogen-bond acceptors (Lipinski definition) is 4. The number of ether oxygens (including phenoxy) is 1. The molecule has 5 heteroatoms. The zero-order valence-corrected chi connectivity index (χ0v) is 11.5. The van der Waals surface area contributed by atoms with Crippen molar-refractivity contribution in [3.8, 4) is 5.88 Å². The number of aromatic nitrogens is 1. The second-order valence-corrected chi connectivity index (χ2v) is 4.69. The maximum atomic E-state index is 11.5. The monoisotopic (exact) mass is 282 g/mol. The lowest BCUT2D eigenvalue weighted by molar-refractivity contribution is 0.1000. The summed E-state index contributed by atoms with van der Waals surface area (Å²) < 4.78 is 11.1. The summed E-state index contributed by atoms with van der Waals surface area (Å²) in [6.45, 7) is 2.10. The second kappa shape index (κ2) is 5.28. The molecule has 3 aromatic rings. The van der Waals surface area contributed by atoms with Gasteiger partial charge in [0.05, 0.1) is 11.8 Å². The van der Waals surface area contributed by atoms with Gasteiger partial charge in [-0.2, -0.15) is 0 Å². The van der Waals surface area contributed by atoms with Gasteiger partial charge in [0.15, 0.2) is 5.58 Å². The molecule has 0 spiro atoms. The Hall–Kier alpha value is -2.82. The van der Waals surface area contributed by atoms with Gasteiger partial charge < -0.3 is 14.9 Å². The molecule has 2 N–H and O–H groups in total. The van der Waals surface area contributed by atoms with E-state index in [1.807, 2.05) is 30.3 Å². The quantitative estimate of drug-likeness (QED) is 0.798. The molecule has 1 amide bonds. The lowest BCUT2D eigenvalue weighted by Gasteiger charge is -2.05. The van der Waals surface area contributed by atoms with Gasteiger partial charge >= 0.3 is 0 Å². The highest BCUT2D eigenvalue weighted by molar-refractivity contribution is 6.06. The summed E-state index contributed by atoms with van der Waals surface area (Å²) in [5.41, 5.74) is 7.31. The number of aryl methyl sites for hydroxylation is 1. The molecule has 2 heterocycles. The average molecular weight is 282 g/mol. The molecule has 5 nitrogen and oxygen atoms in total. The van der Waals surface area contributed by atoms with Crippen molar-refractivity contribution in [3.05, 3.63) is 59.5 Å². The molecule has 0 radical (unpaired) electrons. The molecule has 3 rings (SSSR count). The SMILES string of the molecule is Cc1oc2cnc(OCc3ccccc3)cc2c1C(N)=O. The van der Waals surface area contributed by atoms with E-state index in [4.69, 9.17) is 14.9 Å². The van der Waals surface area contributed by atoms with Crippen LogP contribution < -0.4 is 10.5 Å². The third-order valence-corrected chi connectivity index (χ3v) is 3.20. The van der Waals surface area contributed by atoms with E-state index in [1.54, 1.807) is 13.0 Å². The smallest absolute Gasteiger partial charge is 0.252 e. The molecule has 0 aliphatic rings. The van der Waals surface area contributed by atoms with Crippen LogP contribution in [0.25, 0.3) is 11.0 Å². The molecular formula is C16H14N2O3. The van der Waals surface area contributed by atoms with Crippen molar-refractivity contribution in [1.82, 2.24) is 4.98 Å². The molecule has 1 aromatic carbocycles. The van der Waals surface area contributed by atoms with Crippen LogP contribution in [0.15, 0.2) is 47.0 Å². The number of nitrogens with two attached hydrogens (primary N) is 1. The van der Waals surface area contributed by atoms with Gasteiger partial charge in [-0.05, 0) is 12.5 Å². The van der Waals surface area contributed by atoms with Crippen LogP contribution in [-0.2, 0) is 6.61 Å². The number of fused-ring (bicyclic) bond motifs is 1. The van der Waals surface area contributed by atoms with Crippen LogP contribution in [0.5, 0.6) is 5.88 Å². The van der Waals surface area contributed by atoms with Gasteiger partial charge in [-0.3, -0.25) is 4.79 Å². The minimum atomic E-state index is -0.522. The van der Waals surface area contributed by atoms with E-state index in [0.717, 1.165) is 5.56 Å². The van der Waals surface area contributed by atoms with E-state index in [2.05, 4.69) is 4.98 Å². The Labute approximate surface area is 121 Å². The number of carbonyl (C=O) groups is 1. The van der Waals surface area contributed by atoms with Gasteiger partial charge in [0.2, 0.25) is 5.88 Å². The number of furan rings is 1. The van der Waals surface area contributed by atoms with E-state index < -0.39 is 5.91 Å². The Kier molecular flexibility index (Phi) is 3.31. The summed E-state index contributed by atoms with van der Waals surface area (Å²) in [5.74, 6) is 0.389. The molecule has 0 saturated heterocycles. The van der Waals surface area contributed by atoms with Gasteiger partial charge in [-0.25, -0.2) is 4.98 Å². The fourth-order valence-corrected chi connectivity index (χ4v) is 2.22. The second-order valence-electron chi connectivity index (χ2n) is 4.69. The molecule has 0 saturated carbocycles.